The molecule has 0 bridgehead atoms. The lowest BCUT2D eigenvalue weighted by Crippen LogP contribution is -2.29. The molecule has 3 N–H and O–H groups in total. The topological polar surface area (TPSA) is 87.0 Å². The predicted octanol–water partition coefficient (Wildman–Crippen LogP) is 2.28. The predicted molar refractivity (Wildman–Crippen MR) is 85.8 cm³/mol. The van der Waals surface area contributed by atoms with E-state index in [0.29, 0.717) is 29.1 Å². The van der Waals surface area contributed by atoms with Crippen molar-refractivity contribution in [2.24, 2.45) is 0 Å². The second kappa shape index (κ2) is 5.15. The highest BCUT2D eigenvalue weighted by atomic mass is 16.5. The molecule has 1 aliphatic carbocycles. The number of allylic oxidation sites excluding steroid dienone is 2. The number of Topliss-reactive ketones (excluding diaryl/α,β-unsaturated/α-hetero) is 1. The Labute approximate surface area is 132 Å². The minimum atomic E-state index is -0.403. The number of nitrogens with one attached hydrogen (secondary N) is 3. The third-order valence-electron chi connectivity index (χ3n) is 4.57. The minimum absolute atomic E-state index is 0.0981. The first-order chi connectivity index (χ1) is 11.2. The number of anilines is 1. The van der Waals surface area contributed by atoms with Crippen LogP contribution in [0.4, 0.5) is 5.82 Å². The summed E-state index contributed by atoms with van der Waals surface area (Å²) in [5.74, 6) is 1.01. The zero-order valence-corrected chi connectivity index (χ0v) is 12.7. The molecule has 0 saturated heterocycles. The van der Waals surface area contributed by atoms with E-state index < -0.39 is 5.92 Å². The zero-order chi connectivity index (χ0) is 16.0. The Kier molecular flexibility index (Phi) is 3.11. The van der Waals surface area contributed by atoms with E-state index in [2.05, 4.69) is 15.5 Å². The SMILES string of the molecule is COc1ccccc1C1C2=C(CCCC2=O)Nc2[nH][nH]c(=O)c21. The molecule has 0 amide bonds. The Hall–Kier alpha value is -2.76. The van der Waals surface area contributed by atoms with E-state index in [-0.39, 0.29) is 11.3 Å². The van der Waals surface area contributed by atoms with E-state index in [0.717, 1.165) is 24.1 Å². The summed E-state index contributed by atoms with van der Waals surface area (Å²) in [6.07, 6.45) is 2.15. The number of H-pyrrole nitrogens is 2. The Morgan fingerprint density at radius 1 is 1.13 bits per heavy atom. The number of carbonyl (C=O) groups excluding carboxylic acids is 1. The number of para-hydroxylation sites is 1. The molecule has 0 spiro atoms. The van der Waals surface area contributed by atoms with Crippen molar-refractivity contribution in [3.63, 3.8) is 0 Å². The Morgan fingerprint density at radius 2 is 1.96 bits per heavy atom. The summed E-state index contributed by atoms with van der Waals surface area (Å²) < 4.78 is 5.47. The molecule has 1 aromatic heterocycles. The van der Waals surface area contributed by atoms with Crippen LogP contribution in [-0.4, -0.2) is 23.1 Å². The van der Waals surface area contributed by atoms with E-state index in [9.17, 15) is 9.59 Å². The molecular weight excluding hydrogens is 294 g/mol. The molecule has 1 aromatic carbocycles. The van der Waals surface area contributed by atoms with E-state index in [4.69, 9.17) is 4.74 Å². The van der Waals surface area contributed by atoms with Crippen LogP contribution in [0.15, 0.2) is 40.3 Å². The summed E-state index contributed by atoms with van der Waals surface area (Å²) in [5.41, 5.74) is 2.76. The highest BCUT2D eigenvalue weighted by molar-refractivity contribution is 6.01. The van der Waals surface area contributed by atoms with E-state index in [1.54, 1.807) is 7.11 Å². The van der Waals surface area contributed by atoms with Crippen molar-refractivity contribution in [2.75, 3.05) is 12.4 Å². The fourth-order valence-corrected chi connectivity index (χ4v) is 3.58. The van der Waals surface area contributed by atoms with Crippen LogP contribution in [-0.2, 0) is 4.79 Å². The summed E-state index contributed by atoms with van der Waals surface area (Å²) >= 11 is 0. The molecule has 23 heavy (non-hydrogen) atoms. The number of ketones is 1. The molecular formula is C17H17N3O3. The third kappa shape index (κ3) is 2.02. The lowest BCUT2D eigenvalue weighted by Gasteiger charge is -2.31. The molecule has 2 heterocycles. The maximum Gasteiger partial charge on any atom is 0.270 e. The van der Waals surface area contributed by atoms with Crippen LogP contribution >= 0.6 is 0 Å². The van der Waals surface area contributed by atoms with Gasteiger partial charge in [0, 0.05) is 23.3 Å². The molecule has 4 rings (SSSR count). The maximum atomic E-state index is 12.6. The molecule has 1 atom stereocenters. The van der Waals surface area contributed by atoms with Crippen LogP contribution in [0, 0.1) is 0 Å². The number of hydrogen-bond acceptors (Lipinski definition) is 4. The number of benzene rings is 1. The van der Waals surface area contributed by atoms with Gasteiger partial charge in [-0.25, -0.2) is 0 Å². The Balaban J connectivity index is 2.00. The van der Waals surface area contributed by atoms with Crippen LogP contribution in [0.5, 0.6) is 5.75 Å². The van der Waals surface area contributed by atoms with E-state index >= 15 is 0 Å². The first-order valence-electron chi connectivity index (χ1n) is 7.67. The average Bonchev–Trinajstić information content (AvgIpc) is 2.94. The summed E-state index contributed by atoms with van der Waals surface area (Å²) in [4.78, 5) is 24.9. The number of ether oxygens (including phenoxy) is 1. The maximum absolute atomic E-state index is 12.6. The second-order valence-corrected chi connectivity index (χ2v) is 5.84. The molecule has 2 aromatic rings. The summed E-state index contributed by atoms with van der Waals surface area (Å²) in [6, 6.07) is 7.54. The van der Waals surface area contributed by atoms with Gasteiger partial charge >= 0.3 is 0 Å². The molecule has 2 aliphatic rings. The van der Waals surface area contributed by atoms with Gasteiger partial charge in [-0.2, -0.15) is 0 Å². The number of rotatable bonds is 2. The van der Waals surface area contributed by atoms with Crippen molar-refractivity contribution in [1.29, 1.82) is 0 Å². The van der Waals surface area contributed by atoms with Gasteiger partial charge in [-0.05, 0) is 18.9 Å². The number of hydrogen-bond donors (Lipinski definition) is 3. The van der Waals surface area contributed by atoms with Gasteiger partial charge in [0.1, 0.15) is 11.6 Å². The molecule has 6 heteroatoms. The molecule has 6 nitrogen and oxygen atoms in total. The van der Waals surface area contributed by atoms with Crippen LogP contribution in [0.2, 0.25) is 0 Å². The number of carbonyl (C=O) groups is 1. The lowest BCUT2D eigenvalue weighted by molar-refractivity contribution is -0.116. The largest absolute Gasteiger partial charge is 0.496 e. The zero-order valence-electron chi connectivity index (χ0n) is 12.7. The average molecular weight is 311 g/mol. The van der Waals surface area contributed by atoms with E-state index in [1.165, 1.54) is 0 Å². The van der Waals surface area contributed by atoms with Gasteiger partial charge in [0.05, 0.1) is 18.6 Å². The second-order valence-electron chi connectivity index (χ2n) is 5.84. The fraction of sp³-hybridized carbons (Fsp3) is 0.294. The van der Waals surface area contributed by atoms with Gasteiger partial charge in [-0.15, -0.1) is 0 Å². The Bertz CT molecular complexity index is 875. The number of aromatic amines is 2. The monoisotopic (exact) mass is 311 g/mol. The molecule has 118 valence electrons. The van der Waals surface area contributed by atoms with Crippen molar-refractivity contribution >= 4 is 11.6 Å². The standard InChI is InChI=1S/C17H17N3O3/c1-23-12-8-3-2-5-9(12)13-14-10(6-4-7-11(14)21)18-16-15(13)17(22)20-19-16/h2-3,5,8,13H,4,6-7H2,1H3,(H3,18,19,20,22). The van der Waals surface area contributed by atoms with Gasteiger partial charge in [-0.1, -0.05) is 18.2 Å². The van der Waals surface area contributed by atoms with Crippen molar-refractivity contribution < 1.29 is 9.53 Å². The molecule has 0 radical (unpaired) electrons. The van der Waals surface area contributed by atoms with Gasteiger partial charge in [0.25, 0.3) is 5.56 Å². The smallest absolute Gasteiger partial charge is 0.270 e. The van der Waals surface area contributed by atoms with Crippen LogP contribution < -0.4 is 15.6 Å². The lowest BCUT2D eigenvalue weighted by atomic mass is 9.76. The number of methoxy groups -OCH3 is 1. The van der Waals surface area contributed by atoms with Gasteiger partial charge in [0.2, 0.25) is 0 Å². The third-order valence-corrected chi connectivity index (χ3v) is 4.57. The highest BCUT2D eigenvalue weighted by Crippen LogP contribution is 2.45. The van der Waals surface area contributed by atoms with Gasteiger partial charge in [0.15, 0.2) is 5.78 Å². The van der Waals surface area contributed by atoms with Gasteiger partial charge in [-0.3, -0.25) is 19.8 Å². The van der Waals surface area contributed by atoms with Crippen molar-refractivity contribution in [1.82, 2.24) is 10.2 Å². The summed E-state index contributed by atoms with van der Waals surface area (Å²) in [7, 11) is 1.60. The molecule has 0 saturated carbocycles. The first kappa shape index (κ1) is 13.9. The van der Waals surface area contributed by atoms with Crippen LogP contribution in [0.1, 0.15) is 36.3 Å². The Morgan fingerprint density at radius 3 is 2.78 bits per heavy atom. The van der Waals surface area contributed by atoms with Gasteiger partial charge < -0.3 is 10.1 Å². The van der Waals surface area contributed by atoms with Crippen molar-refractivity contribution in [3.8, 4) is 5.75 Å². The molecule has 1 unspecified atom stereocenters. The van der Waals surface area contributed by atoms with Crippen molar-refractivity contribution in [2.45, 2.75) is 25.2 Å². The first-order valence-corrected chi connectivity index (χ1v) is 7.67. The van der Waals surface area contributed by atoms with Crippen molar-refractivity contribution in [3.05, 3.63) is 57.0 Å². The highest BCUT2D eigenvalue weighted by Gasteiger charge is 2.38. The molecule has 1 aliphatic heterocycles. The molecule has 0 fully saturated rings. The minimum Gasteiger partial charge on any atom is -0.496 e. The quantitative estimate of drug-likeness (QED) is 0.794. The number of fused-ring (bicyclic) bond motifs is 1. The summed E-state index contributed by atoms with van der Waals surface area (Å²) in [6.45, 7) is 0. The summed E-state index contributed by atoms with van der Waals surface area (Å²) in [5, 5.41) is 8.71. The van der Waals surface area contributed by atoms with Crippen LogP contribution in [0.25, 0.3) is 0 Å². The van der Waals surface area contributed by atoms with E-state index in [1.807, 2.05) is 24.3 Å². The number of aromatic nitrogens is 2. The van der Waals surface area contributed by atoms with Crippen LogP contribution in [0.3, 0.4) is 0 Å². The normalized spacial score (nSPS) is 19.9. The fourth-order valence-electron chi connectivity index (χ4n) is 3.58.